The molecule has 0 amide bonds. The van der Waals surface area contributed by atoms with Crippen LogP contribution in [0.1, 0.15) is 13.8 Å². The van der Waals surface area contributed by atoms with Crippen molar-refractivity contribution in [2.45, 2.75) is 23.5 Å². The molecule has 0 saturated heterocycles. The van der Waals surface area contributed by atoms with Gasteiger partial charge in [0.25, 0.3) is 0 Å². The first-order valence-electron chi connectivity index (χ1n) is 5.03. The van der Waals surface area contributed by atoms with Crippen molar-refractivity contribution in [2.24, 2.45) is 0 Å². The van der Waals surface area contributed by atoms with Crippen LogP contribution in [0.5, 0.6) is 0 Å². The molecule has 1 aromatic heterocycles. The zero-order valence-electron chi connectivity index (χ0n) is 10.1. The van der Waals surface area contributed by atoms with E-state index in [0.717, 1.165) is 0 Å². The Balaban J connectivity index is 2.88. The number of hydrogen-bond acceptors (Lipinski definition) is 5. The van der Waals surface area contributed by atoms with Crippen LogP contribution in [0.2, 0.25) is 0 Å². The number of pyridine rings is 1. The van der Waals surface area contributed by atoms with Gasteiger partial charge in [-0.05, 0) is 26.2 Å². The van der Waals surface area contributed by atoms with E-state index >= 15 is 0 Å². The molecular weight excluding hydrogens is 258 g/mol. The lowest BCUT2D eigenvalue weighted by atomic mass is 10.2. The highest BCUT2D eigenvalue weighted by atomic mass is 32.2. The first kappa shape index (κ1) is 14.3. The van der Waals surface area contributed by atoms with E-state index < -0.39 is 10.0 Å². The second-order valence-corrected chi connectivity index (χ2v) is 7.45. The number of nitrogens with two attached hydrogens (primary N) is 1. The number of nitrogens with one attached hydrogen (secondary N) is 1. The topological polar surface area (TPSA) is 85.1 Å². The molecule has 0 fully saturated rings. The van der Waals surface area contributed by atoms with Crippen molar-refractivity contribution in [2.75, 3.05) is 18.5 Å². The van der Waals surface area contributed by atoms with E-state index in [-0.39, 0.29) is 15.3 Å². The van der Waals surface area contributed by atoms with Crippen molar-refractivity contribution < 1.29 is 8.42 Å². The van der Waals surface area contributed by atoms with Gasteiger partial charge in [0.2, 0.25) is 10.0 Å². The summed E-state index contributed by atoms with van der Waals surface area (Å²) in [7, 11) is -3.59. The number of rotatable bonds is 5. The minimum absolute atomic E-state index is 0.0249. The van der Waals surface area contributed by atoms with Gasteiger partial charge in [-0.3, -0.25) is 4.98 Å². The Morgan fingerprint density at radius 1 is 1.53 bits per heavy atom. The summed E-state index contributed by atoms with van der Waals surface area (Å²) in [5.41, 5.74) is 5.82. The molecule has 1 aromatic rings. The summed E-state index contributed by atoms with van der Waals surface area (Å²) in [5.74, 6) is 0. The second kappa shape index (κ2) is 5.24. The highest BCUT2D eigenvalue weighted by molar-refractivity contribution is 8.00. The maximum absolute atomic E-state index is 12.0. The van der Waals surface area contributed by atoms with Crippen molar-refractivity contribution in [3.63, 3.8) is 0 Å². The van der Waals surface area contributed by atoms with E-state index in [1.807, 2.05) is 20.1 Å². The first-order valence-corrected chi connectivity index (χ1v) is 7.73. The quantitative estimate of drug-likeness (QED) is 0.840. The normalized spacial score (nSPS) is 12.6. The lowest BCUT2D eigenvalue weighted by molar-refractivity contribution is 0.571. The van der Waals surface area contributed by atoms with Crippen molar-refractivity contribution in [1.29, 1.82) is 0 Å². The molecule has 0 aliphatic carbocycles. The molecule has 0 saturated carbocycles. The van der Waals surface area contributed by atoms with Crippen LogP contribution in [0.4, 0.5) is 5.69 Å². The molecule has 5 nitrogen and oxygen atoms in total. The predicted octanol–water partition coefficient (Wildman–Crippen LogP) is 1.08. The molecule has 0 aliphatic rings. The van der Waals surface area contributed by atoms with Gasteiger partial charge in [0.1, 0.15) is 4.90 Å². The maximum atomic E-state index is 12.0. The Bertz CT molecular complexity index is 486. The highest BCUT2D eigenvalue weighted by Crippen LogP contribution is 2.21. The number of sulfonamides is 1. The summed E-state index contributed by atoms with van der Waals surface area (Å²) in [5, 5.41) is 0. The van der Waals surface area contributed by atoms with Crippen LogP contribution >= 0.6 is 11.8 Å². The Labute approximate surface area is 106 Å². The molecular formula is C10H17N3O2S2. The second-order valence-electron chi connectivity index (χ2n) is 4.20. The minimum atomic E-state index is -3.59. The van der Waals surface area contributed by atoms with Gasteiger partial charge in [0, 0.05) is 23.7 Å². The highest BCUT2D eigenvalue weighted by Gasteiger charge is 2.22. The average Bonchev–Trinajstić information content (AvgIpc) is 2.27. The van der Waals surface area contributed by atoms with Gasteiger partial charge < -0.3 is 5.73 Å². The molecule has 0 atom stereocenters. The molecule has 1 heterocycles. The van der Waals surface area contributed by atoms with Gasteiger partial charge in [-0.25, -0.2) is 13.1 Å². The fourth-order valence-corrected chi connectivity index (χ4v) is 2.63. The van der Waals surface area contributed by atoms with Gasteiger partial charge >= 0.3 is 0 Å². The molecule has 96 valence electrons. The van der Waals surface area contributed by atoms with E-state index in [9.17, 15) is 8.42 Å². The first-order chi connectivity index (χ1) is 7.78. The minimum Gasteiger partial charge on any atom is -0.398 e. The monoisotopic (exact) mass is 275 g/mol. The van der Waals surface area contributed by atoms with Crippen molar-refractivity contribution >= 4 is 27.5 Å². The zero-order chi connectivity index (χ0) is 13.1. The summed E-state index contributed by atoms with van der Waals surface area (Å²) in [4.78, 5) is 3.80. The molecule has 0 radical (unpaired) electrons. The molecule has 0 unspecified atom stereocenters. The Morgan fingerprint density at radius 2 is 2.18 bits per heavy atom. The smallest absolute Gasteiger partial charge is 0.244 e. The van der Waals surface area contributed by atoms with Crippen molar-refractivity contribution in [1.82, 2.24) is 9.71 Å². The van der Waals surface area contributed by atoms with E-state index in [0.29, 0.717) is 6.54 Å². The number of aromatic nitrogens is 1. The molecule has 0 aromatic carbocycles. The predicted molar refractivity (Wildman–Crippen MR) is 71.4 cm³/mol. The van der Waals surface area contributed by atoms with E-state index in [2.05, 4.69) is 9.71 Å². The van der Waals surface area contributed by atoms with Gasteiger partial charge in [-0.2, -0.15) is 11.8 Å². The molecule has 1 rings (SSSR count). The van der Waals surface area contributed by atoms with E-state index in [4.69, 9.17) is 5.73 Å². The molecule has 0 aliphatic heterocycles. The Kier molecular flexibility index (Phi) is 4.40. The van der Waals surface area contributed by atoms with Gasteiger partial charge in [0.15, 0.2) is 0 Å². The largest absolute Gasteiger partial charge is 0.398 e. The molecule has 7 heteroatoms. The molecule has 17 heavy (non-hydrogen) atoms. The number of thioether (sulfide) groups is 1. The van der Waals surface area contributed by atoms with Crippen LogP contribution in [0.25, 0.3) is 0 Å². The van der Waals surface area contributed by atoms with Crippen molar-refractivity contribution in [3.05, 3.63) is 18.5 Å². The van der Waals surface area contributed by atoms with Crippen molar-refractivity contribution in [3.8, 4) is 0 Å². The van der Waals surface area contributed by atoms with Crippen LogP contribution in [-0.2, 0) is 10.0 Å². The Morgan fingerprint density at radius 3 is 2.71 bits per heavy atom. The fraction of sp³-hybridized carbons (Fsp3) is 0.500. The SMILES string of the molecule is CSC(C)(C)CNS(=O)(=O)c1cnccc1N. The lowest BCUT2D eigenvalue weighted by Gasteiger charge is -2.22. The van der Waals surface area contributed by atoms with Crippen LogP contribution in [0.3, 0.4) is 0 Å². The van der Waals surface area contributed by atoms with E-state index in [1.54, 1.807) is 11.8 Å². The maximum Gasteiger partial charge on any atom is 0.244 e. The van der Waals surface area contributed by atoms with Gasteiger partial charge in [-0.15, -0.1) is 0 Å². The average molecular weight is 275 g/mol. The van der Waals surface area contributed by atoms with Crippen LogP contribution in [0, 0.1) is 0 Å². The third-order valence-electron chi connectivity index (χ3n) is 2.35. The number of anilines is 1. The Hall–Kier alpha value is -0.790. The number of nitrogen functional groups attached to an aromatic ring is 1. The number of hydrogen-bond donors (Lipinski definition) is 2. The van der Waals surface area contributed by atoms with Crippen LogP contribution in [0.15, 0.2) is 23.4 Å². The molecule has 0 spiro atoms. The fourth-order valence-electron chi connectivity index (χ4n) is 1.03. The third-order valence-corrected chi connectivity index (χ3v) is 5.04. The van der Waals surface area contributed by atoms with Crippen LogP contribution in [-0.4, -0.2) is 30.9 Å². The zero-order valence-corrected chi connectivity index (χ0v) is 11.7. The summed E-state index contributed by atoms with van der Waals surface area (Å²) in [6.07, 6.45) is 4.65. The van der Waals surface area contributed by atoms with Crippen LogP contribution < -0.4 is 10.5 Å². The molecule has 0 bridgehead atoms. The standard InChI is InChI=1S/C10H17N3O2S2/c1-10(2,16-3)7-13-17(14,15)9-6-12-5-4-8(9)11/h4-6,13H,7H2,1-3H3,(H2,11,12). The molecule has 3 N–H and O–H groups in total. The third kappa shape index (κ3) is 3.86. The summed E-state index contributed by atoms with van der Waals surface area (Å²) < 4.78 is 26.3. The summed E-state index contributed by atoms with van der Waals surface area (Å²) in [6.45, 7) is 4.27. The summed E-state index contributed by atoms with van der Waals surface area (Å²) in [6, 6.07) is 1.47. The van der Waals surface area contributed by atoms with E-state index in [1.165, 1.54) is 18.5 Å². The summed E-state index contributed by atoms with van der Waals surface area (Å²) >= 11 is 1.59. The van der Waals surface area contributed by atoms with Gasteiger partial charge in [-0.1, -0.05) is 0 Å². The lowest BCUT2D eigenvalue weighted by Crippen LogP contribution is -2.36. The number of nitrogens with zero attached hydrogens (tertiary/aromatic N) is 1. The van der Waals surface area contributed by atoms with Gasteiger partial charge in [0.05, 0.1) is 5.69 Å².